The molecule has 4 N–H and O–H groups in total. The fourth-order valence-corrected chi connectivity index (χ4v) is 0.962. The number of nitrogens with two attached hydrogens (primary N) is 1. The van der Waals surface area contributed by atoms with E-state index in [2.05, 4.69) is 10.3 Å². The van der Waals surface area contributed by atoms with Crippen LogP contribution >= 0.6 is 12.2 Å². The third-order valence-corrected chi connectivity index (χ3v) is 2.17. The van der Waals surface area contributed by atoms with Crippen molar-refractivity contribution in [2.24, 2.45) is 5.73 Å². The van der Waals surface area contributed by atoms with Crippen LogP contribution in [0, 0.1) is 0 Å². The molecular weight excluding hydrogens is 214 g/mol. The first-order valence-electron chi connectivity index (χ1n) is 4.29. The normalized spacial score (nSPS) is 11.8. The molecule has 0 aliphatic rings. The largest absolute Gasteiger partial charge is 0.392 e. The number of pyridine rings is 1. The predicted octanol–water partition coefficient (Wildman–Crippen LogP) is -0.221. The Hall–Kier alpha value is -1.69. The average Bonchev–Trinajstić information content (AvgIpc) is 2.18. The van der Waals surface area contributed by atoms with Gasteiger partial charge in [0.2, 0.25) is 5.56 Å². The highest BCUT2D eigenvalue weighted by Crippen LogP contribution is 1.94. The molecule has 5 nitrogen and oxygen atoms in total. The van der Waals surface area contributed by atoms with Crippen LogP contribution in [0.25, 0.3) is 0 Å². The van der Waals surface area contributed by atoms with Crippen LogP contribution in [0.3, 0.4) is 0 Å². The van der Waals surface area contributed by atoms with Gasteiger partial charge in [-0.05, 0) is 13.0 Å². The van der Waals surface area contributed by atoms with Gasteiger partial charge in [0.1, 0.15) is 0 Å². The maximum Gasteiger partial charge on any atom is 0.253 e. The van der Waals surface area contributed by atoms with Crippen molar-refractivity contribution in [1.29, 1.82) is 0 Å². The van der Waals surface area contributed by atoms with E-state index in [1.807, 2.05) is 0 Å². The predicted molar refractivity (Wildman–Crippen MR) is 60.8 cm³/mol. The van der Waals surface area contributed by atoms with E-state index < -0.39 is 0 Å². The van der Waals surface area contributed by atoms with Crippen LogP contribution < -0.4 is 16.6 Å². The minimum atomic E-state index is -0.376. The molecule has 0 saturated carbocycles. The molecule has 6 heteroatoms. The summed E-state index contributed by atoms with van der Waals surface area (Å²) in [6.07, 6.45) is 1.34. The van der Waals surface area contributed by atoms with E-state index in [0.29, 0.717) is 5.56 Å². The SMILES string of the molecule is CC(NC(=O)c1ccc(=O)[nH]c1)C(N)=S. The molecule has 15 heavy (non-hydrogen) atoms. The first-order chi connectivity index (χ1) is 7.00. The monoisotopic (exact) mass is 225 g/mol. The summed E-state index contributed by atoms with van der Waals surface area (Å²) in [5, 5.41) is 2.59. The highest BCUT2D eigenvalue weighted by Gasteiger charge is 2.10. The van der Waals surface area contributed by atoms with Gasteiger partial charge in [-0.3, -0.25) is 9.59 Å². The Labute approximate surface area is 91.7 Å². The van der Waals surface area contributed by atoms with Crippen LogP contribution in [0.4, 0.5) is 0 Å². The molecule has 1 aromatic rings. The molecule has 0 spiro atoms. The number of H-pyrrole nitrogens is 1. The van der Waals surface area contributed by atoms with E-state index in [0.717, 1.165) is 0 Å². The summed E-state index contributed by atoms with van der Waals surface area (Å²) in [5.41, 5.74) is 5.45. The van der Waals surface area contributed by atoms with Crippen molar-refractivity contribution < 1.29 is 4.79 Å². The van der Waals surface area contributed by atoms with Crippen LogP contribution in [0.2, 0.25) is 0 Å². The van der Waals surface area contributed by atoms with Gasteiger partial charge < -0.3 is 16.0 Å². The molecule has 1 rings (SSSR count). The number of thiocarbonyl (C=S) groups is 1. The third-order valence-electron chi connectivity index (χ3n) is 1.82. The lowest BCUT2D eigenvalue weighted by atomic mass is 10.2. The molecule has 0 radical (unpaired) electrons. The summed E-state index contributed by atoms with van der Waals surface area (Å²) >= 11 is 4.71. The zero-order chi connectivity index (χ0) is 11.4. The van der Waals surface area contributed by atoms with Gasteiger partial charge >= 0.3 is 0 Å². The summed E-state index contributed by atoms with van der Waals surface area (Å²) in [7, 11) is 0. The zero-order valence-electron chi connectivity index (χ0n) is 8.11. The molecule has 0 aliphatic carbocycles. The minimum absolute atomic E-state index is 0.216. The Kier molecular flexibility index (Phi) is 3.56. The number of aromatic nitrogens is 1. The topological polar surface area (TPSA) is 88.0 Å². The molecule has 1 unspecified atom stereocenters. The summed E-state index contributed by atoms with van der Waals surface area (Å²) in [6, 6.07) is 2.33. The summed E-state index contributed by atoms with van der Waals surface area (Å²) in [5.74, 6) is -0.327. The van der Waals surface area contributed by atoms with Crippen molar-refractivity contribution in [2.75, 3.05) is 0 Å². The van der Waals surface area contributed by atoms with Crippen LogP contribution in [0.1, 0.15) is 17.3 Å². The van der Waals surface area contributed by atoms with Gasteiger partial charge in [0, 0.05) is 12.3 Å². The number of carbonyl (C=O) groups is 1. The van der Waals surface area contributed by atoms with Gasteiger partial charge in [0.25, 0.3) is 5.91 Å². The van der Waals surface area contributed by atoms with Crippen LogP contribution in [0.5, 0.6) is 0 Å². The second-order valence-electron chi connectivity index (χ2n) is 3.04. The van der Waals surface area contributed by atoms with Crippen molar-refractivity contribution >= 4 is 23.1 Å². The van der Waals surface area contributed by atoms with Crippen molar-refractivity contribution in [3.05, 3.63) is 34.2 Å². The summed E-state index contributed by atoms with van der Waals surface area (Å²) < 4.78 is 0. The molecule has 1 atom stereocenters. The van der Waals surface area contributed by atoms with E-state index >= 15 is 0 Å². The second-order valence-corrected chi connectivity index (χ2v) is 3.51. The fourth-order valence-electron chi connectivity index (χ4n) is 0.903. The quantitative estimate of drug-likeness (QED) is 0.620. The molecular formula is C9H11N3O2S. The maximum absolute atomic E-state index is 11.5. The fraction of sp³-hybridized carbons (Fsp3) is 0.222. The summed E-state index contributed by atoms with van der Waals surface area (Å²) in [6.45, 7) is 1.69. The molecule has 1 aromatic heterocycles. The van der Waals surface area contributed by atoms with E-state index in [-0.39, 0.29) is 22.5 Å². The molecule has 0 fully saturated rings. The third kappa shape index (κ3) is 3.17. The van der Waals surface area contributed by atoms with Crippen molar-refractivity contribution in [3.8, 4) is 0 Å². The van der Waals surface area contributed by atoms with E-state index in [4.69, 9.17) is 18.0 Å². The molecule has 1 amide bonds. The number of nitrogens with one attached hydrogen (secondary N) is 2. The number of aromatic amines is 1. The zero-order valence-corrected chi connectivity index (χ0v) is 8.93. The van der Waals surface area contributed by atoms with Gasteiger partial charge in [0.15, 0.2) is 0 Å². The Morgan fingerprint density at radius 3 is 2.73 bits per heavy atom. The van der Waals surface area contributed by atoms with Gasteiger partial charge in [0.05, 0.1) is 16.6 Å². The number of rotatable bonds is 3. The molecule has 0 bridgehead atoms. The number of hydrogen-bond donors (Lipinski definition) is 3. The lowest BCUT2D eigenvalue weighted by molar-refractivity contribution is 0.0949. The van der Waals surface area contributed by atoms with Gasteiger partial charge in [-0.15, -0.1) is 0 Å². The molecule has 0 saturated heterocycles. The Balaban J connectivity index is 2.73. The molecule has 0 aliphatic heterocycles. The molecule has 0 aromatic carbocycles. The van der Waals surface area contributed by atoms with Gasteiger partial charge in [-0.2, -0.15) is 0 Å². The molecule has 1 heterocycles. The highest BCUT2D eigenvalue weighted by molar-refractivity contribution is 7.80. The first-order valence-corrected chi connectivity index (χ1v) is 4.70. The number of carbonyl (C=O) groups excluding carboxylic acids is 1. The minimum Gasteiger partial charge on any atom is -0.392 e. The van der Waals surface area contributed by atoms with Crippen molar-refractivity contribution in [1.82, 2.24) is 10.3 Å². The standard InChI is InChI=1S/C9H11N3O2S/c1-5(8(10)15)12-9(14)6-2-3-7(13)11-4-6/h2-5H,1H3,(H2,10,15)(H,11,13)(H,12,14). The molecule has 80 valence electrons. The van der Waals surface area contributed by atoms with E-state index in [1.165, 1.54) is 18.3 Å². The van der Waals surface area contributed by atoms with Gasteiger partial charge in [-0.1, -0.05) is 12.2 Å². The highest BCUT2D eigenvalue weighted by atomic mass is 32.1. The number of amides is 1. The van der Waals surface area contributed by atoms with Crippen LogP contribution in [-0.2, 0) is 0 Å². The van der Waals surface area contributed by atoms with Gasteiger partial charge in [-0.25, -0.2) is 0 Å². The first kappa shape index (κ1) is 11.4. The van der Waals surface area contributed by atoms with E-state index in [9.17, 15) is 9.59 Å². The van der Waals surface area contributed by atoms with Crippen molar-refractivity contribution in [3.63, 3.8) is 0 Å². The Morgan fingerprint density at radius 2 is 2.27 bits per heavy atom. The maximum atomic E-state index is 11.5. The summed E-state index contributed by atoms with van der Waals surface area (Å²) in [4.78, 5) is 24.9. The van der Waals surface area contributed by atoms with Crippen molar-refractivity contribution in [2.45, 2.75) is 13.0 Å². The van der Waals surface area contributed by atoms with Crippen LogP contribution in [-0.4, -0.2) is 21.9 Å². The lowest BCUT2D eigenvalue weighted by Crippen LogP contribution is -2.41. The lowest BCUT2D eigenvalue weighted by Gasteiger charge is -2.11. The average molecular weight is 225 g/mol. The Bertz CT molecular complexity index is 421. The van der Waals surface area contributed by atoms with E-state index in [1.54, 1.807) is 6.92 Å². The number of hydrogen-bond acceptors (Lipinski definition) is 3. The Morgan fingerprint density at radius 1 is 1.60 bits per heavy atom. The smallest absolute Gasteiger partial charge is 0.253 e. The van der Waals surface area contributed by atoms with Crippen LogP contribution in [0.15, 0.2) is 23.1 Å². The second kappa shape index (κ2) is 4.70.